The Balaban J connectivity index is 1.91. The maximum atomic E-state index is 13.2. The molecule has 0 heterocycles. The lowest BCUT2D eigenvalue weighted by Gasteiger charge is -2.15. The SMILES string of the molecule is Cc1ccc(NC(=O)CN[C@H](C)c2ccc(F)c(F)c2)c(Cl)c1. The number of carbonyl (C=O) groups excluding carboxylic acids is 1. The Morgan fingerprint density at radius 2 is 1.91 bits per heavy atom. The summed E-state index contributed by atoms with van der Waals surface area (Å²) in [6.07, 6.45) is 0. The van der Waals surface area contributed by atoms with Crippen LogP contribution in [0.2, 0.25) is 5.02 Å². The van der Waals surface area contributed by atoms with Gasteiger partial charge in [0.25, 0.3) is 0 Å². The second kappa shape index (κ2) is 7.53. The van der Waals surface area contributed by atoms with Crippen LogP contribution in [0.15, 0.2) is 36.4 Å². The molecule has 0 saturated carbocycles. The van der Waals surface area contributed by atoms with E-state index in [1.54, 1.807) is 19.1 Å². The van der Waals surface area contributed by atoms with Crippen molar-refractivity contribution < 1.29 is 13.6 Å². The summed E-state index contributed by atoms with van der Waals surface area (Å²) in [7, 11) is 0. The van der Waals surface area contributed by atoms with Crippen molar-refractivity contribution in [2.45, 2.75) is 19.9 Å². The van der Waals surface area contributed by atoms with E-state index in [2.05, 4.69) is 10.6 Å². The smallest absolute Gasteiger partial charge is 0.238 e. The van der Waals surface area contributed by atoms with E-state index in [1.807, 2.05) is 13.0 Å². The first kappa shape index (κ1) is 17.4. The molecule has 0 aromatic heterocycles. The zero-order valence-electron chi connectivity index (χ0n) is 12.8. The summed E-state index contributed by atoms with van der Waals surface area (Å²) in [4.78, 5) is 11.9. The fourth-order valence-corrected chi connectivity index (χ4v) is 2.34. The van der Waals surface area contributed by atoms with Crippen LogP contribution in [0.5, 0.6) is 0 Å². The molecule has 2 aromatic carbocycles. The number of nitrogens with one attached hydrogen (secondary N) is 2. The molecular weight excluding hydrogens is 322 g/mol. The highest BCUT2D eigenvalue weighted by Crippen LogP contribution is 2.22. The minimum absolute atomic E-state index is 0.0182. The Morgan fingerprint density at radius 3 is 2.57 bits per heavy atom. The van der Waals surface area contributed by atoms with Crippen LogP contribution in [-0.4, -0.2) is 12.5 Å². The topological polar surface area (TPSA) is 41.1 Å². The molecule has 23 heavy (non-hydrogen) atoms. The molecule has 3 nitrogen and oxygen atoms in total. The second-order valence-electron chi connectivity index (χ2n) is 5.31. The molecule has 1 atom stereocenters. The van der Waals surface area contributed by atoms with Crippen molar-refractivity contribution in [1.29, 1.82) is 0 Å². The molecular formula is C17H17ClF2N2O. The predicted octanol–water partition coefficient (Wildman–Crippen LogP) is 4.22. The summed E-state index contributed by atoms with van der Waals surface area (Å²) in [6, 6.07) is 8.69. The zero-order chi connectivity index (χ0) is 17.0. The van der Waals surface area contributed by atoms with Crippen LogP contribution in [0.4, 0.5) is 14.5 Å². The average Bonchev–Trinajstić information content (AvgIpc) is 2.50. The molecule has 0 saturated heterocycles. The molecule has 1 amide bonds. The third kappa shape index (κ3) is 4.74. The Labute approximate surface area is 138 Å². The van der Waals surface area contributed by atoms with Crippen LogP contribution < -0.4 is 10.6 Å². The van der Waals surface area contributed by atoms with Gasteiger partial charge in [0.05, 0.1) is 17.3 Å². The second-order valence-corrected chi connectivity index (χ2v) is 5.71. The van der Waals surface area contributed by atoms with Crippen molar-refractivity contribution >= 4 is 23.2 Å². The average molecular weight is 339 g/mol. The van der Waals surface area contributed by atoms with Crippen molar-refractivity contribution in [3.63, 3.8) is 0 Å². The third-order valence-electron chi connectivity index (χ3n) is 3.41. The Hall–Kier alpha value is -1.98. The summed E-state index contributed by atoms with van der Waals surface area (Å²) in [5.41, 5.74) is 2.09. The lowest BCUT2D eigenvalue weighted by atomic mass is 10.1. The summed E-state index contributed by atoms with van der Waals surface area (Å²) < 4.78 is 26.1. The minimum Gasteiger partial charge on any atom is -0.324 e. The van der Waals surface area contributed by atoms with Crippen LogP contribution in [-0.2, 0) is 4.79 Å². The van der Waals surface area contributed by atoms with Gasteiger partial charge in [-0.05, 0) is 49.2 Å². The maximum Gasteiger partial charge on any atom is 0.238 e. The lowest BCUT2D eigenvalue weighted by molar-refractivity contribution is -0.115. The van der Waals surface area contributed by atoms with Crippen LogP contribution in [0.3, 0.4) is 0 Å². The molecule has 2 N–H and O–H groups in total. The van der Waals surface area contributed by atoms with Crippen LogP contribution >= 0.6 is 11.6 Å². The van der Waals surface area contributed by atoms with Gasteiger partial charge in [-0.1, -0.05) is 23.7 Å². The summed E-state index contributed by atoms with van der Waals surface area (Å²) in [5.74, 6) is -2.08. The number of hydrogen-bond acceptors (Lipinski definition) is 2. The number of amides is 1. The van der Waals surface area contributed by atoms with E-state index in [9.17, 15) is 13.6 Å². The van der Waals surface area contributed by atoms with Crippen LogP contribution in [0, 0.1) is 18.6 Å². The molecule has 2 aromatic rings. The zero-order valence-corrected chi connectivity index (χ0v) is 13.5. The van der Waals surface area contributed by atoms with E-state index in [0.717, 1.165) is 17.7 Å². The van der Waals surface area contributed by atoms with E-state index in [0.29, 0.717) is 16.3 Å². The van der Waals surface area contributed by atoms with E-state index < -0.39 is 11.6 Å². The van der Waals surface area contributed by atoms with E-state index >= 15 is 0 Å². The minimum atomic E-state index is -0.910. The van der Waals surface area contributed by atoms with Crippen LogP contribution in [0.1, 0.15) is 24.1 Å². The molecule has 6 heteroatoms. The number of benzene rings is 2. The largest absolute Gasteiger partial charge is 0.324 e. The van der Waals surface area contributed by atoms with Crippen molar-refractivity contribution in [2.75, 3.05) is 11.9 Å². The molecule has 0 fully saturated rings. The number of aryl methyl sites for hydroxylation is 1. The number of carbonyl (C=O) groups is 1. The molecule has 0 aliphatic heterocycles. The molecule has 0 aliphatic rings. The first-order valence-electron chi connectivity index (χ1n) is 7.11. The van der Waals surface area contributed by atoms with E-state index in [1.165, 1.54) is 6.07 Å². The van der Waals surface area contributed by atoms with Gasteiger partial charge in [0.1, 0.15) is 0 Å². The van der Waals surface area contributed by atoms with Gasteiger partial charge in [-0.2, -0.15) is 0 Å². The van der Waals surface area contributed by atoms with Gasteiger partial charge in [0.15, 0.2) is 11.6 Å². The Morgan fingerprint density at radius 1 is 1.17 bits per heavy atom. The maximum absolute atomic E-state index is 13.2. The quantitative estimate of drug-likeness (QED) is 0.857. The monoisotopic (exact) mass is 338 g/mol. The van der Waals surface area contributed by atoms with Crippen molar-refractivity contribution in [3.05, 3.63) is 64.2 Å². The number of halogens is 3. The van der Waals surface area contributed by atoms with Gasteiger partial charge in [0, 0.05) is 6.04 Å². The molecule has 0 unspecified atom stereocenters. The Bertz CT molecular complexity index is 722. The van der Waals surface area contributed by atoms with Gasteiger partial charge < -0.3 is 10.6 Å². The van der Waals surface area contributed by atoms with Crippen molar-refractivity contribution in [1.82, 2.24) is 5.32 Å². The normalized spacial score (nSPS) is 12.0. The van der Waals surface area contributed by atoms with Crippen molar-refractivity contribution in [2.24, 2.45) is 0 Å². The van der Waals surface area contributed by atoms with Gasteiger partial charge in [-0.15, -0.1) is 0 Å². The van der Waals surface area contributed by atoms with Crippen LogP contribution in [0.25, 0.3) is 0 Å². The number of anilines is 1. The molecule has 122 valence electrons. The summed E-state index contributed by atoms with van der Waals surface area (Å²) in [6.45, 7) is 3.69. The molecule has 0 radical (unpaired) electrons. The first-order valence-corrected chi connectivity index (χ1v) is 7.49. The molecule has 0 bridgehead atoms. The fourth-order valence-electron chi connectivity index (χ4n) is 2.06. The predicted molar refractivity (Wildman–Crippen MR) is 87.6 cm³/mol. The fraction of sp³-hybridized carbons (Fsp3) is 0.235. The van der Waals surface area contributed by atoms with Gasteiger partial charge in [-0.3, -0.25) is 4.79 Å². The lowest BCUT2D eigenvalue weighted by Crippen LogP contribution is -2.30. The molecule has 0 spiro atoms. The van der Waals surface area contributed by atoms with Gasteiger partial charge in [0.2, 0.25) is 5.91 Å². The standard InChI is InChI=1S/C17H17ClF2N2O/c1-10-3-6-16(13(18)7-10)22-17(23)9-21-11(2)12-4-5-14(19)15(20)8-12/h3-8,11,21H,9H2,1-2H3,(H,22,23)/t11-/m1/s1. The number of hydrogen-bond donors (Lipinski definition) is 2. The third-order valence-corrected chi connectivity index (χ3v) is 3.72. The van der Waals surface area contributed by atoms with Gasteiger partial charge >= 0.3 is 0 Å². The molecule has 2 rings (SSSR count). The number of rotatable bonds is 5. The first-order chi connectivity index (χ1) is 10.9. The summed E-state index contributed by atoms with van der Waals surface area (Å²) in [5, 5.41) is 6.11. The highest BCUT2D eigenvalue weighted by atomic mass is 35.5. The van der Waals surface area contributed by atoms with E-state index in [4.69, 9.17) is 11.6 Å². The Kier molecular flexibility index (Phi) is 5.69. The molecule has 0 aliphatic carbocycles. The highest BCUT2D eigenvalue weighted by Gasteiger charge is 2.11. The van der Waals surface area contributed by atoms with Crippen molar-refractivity contribution in [3.8, 4) is 0 Å². The van der Waals surface area contributed by atoms with Gasteiger partial charge in [-0.25, -0.2) is 8.78 Å². The highest BCUT2D eigenvalue weighted by molar-refractivity contribution is 6.33. The van der Waals surface area contributed by atoms with E-state index in [-0.39, 0.29) is 18.5 Å². The summed E-state index contributed by atoms with van der Waals surface area (Å²) >= 11 is 6.05.